The molecule has 0 atom stereocenters. The number of anilines is 2. The molecule has 0 aliphatic heterocycles. The number of esters is 1. The average Bonchev–Trinajstić information content (AvgIpc) is 2.47. The van der Waals surface area contributed by atoms with Crippen molar-refractivity contribution in [1.82, 2.24) is 0 Å². The van der Waals surface area contributed by atoms with Gasteiger partial charge in [-0.25, -0.2) is 4.79 Å². The molecule has 1 rings (SSSR count). The predicted molar refractivity (Wildman–Crippen MR) is 92.2 cm³/mol. The summed E-state index contributed by atoms with van der Waals surface area (Å²) in [6.07, 6.45) is 6.98. The number of carbonyl (C=O) groups is 1. The molecule has 1 aromatic carbocycles. The lowest BCUT2D eigenvalue weighted by atomic mass is 10.1. The van der Waals surface area contributed by atoms with Gasteiger partial charge in [-0.1, -0.05) is 12.8 Å². The van der Waals surface area contributed by atoms with Gasteiger partial charge in [0.05, 0.1) is 12.2 Å². The van der Waals surface area contributed by atoms with Crippen molar-refractivity contribution in [3.63, 3.8) is 0 Å². The molecular weight excluding hydrogens is 284 g/mol. The van der Waals surface area contributed by atoms with E-state index in [1.54, 1.807) is 19.1 Å². The van der Waals surface area contributed by atoms with Crippen molar-refractivity contribution >= 4 is 29.1 Å². The molecular formula is C16H26N2O2S. The van der Waals surface area contributed by atoms with E-state index in [1.807, 2.05) is 17.8 Å². The highest BCUT2D eigenvalue weighted by atomic mass is 32.2. The highest BCUT2D eigenvalue weighted by Gasteiger charge is 2.12. The van der Waals surface area contributed by atoms with Gasteiger partial charge in [-0.05, 0) is 50.0 Å². The molecule has 4 nitrogen and oxygen atoms in total. The lowest BCUT2D eigenvalue weighted by Crippen LogP contribution is -2.11. The monoisotopic (exact) mass is 310 g/mol. The Morgan fingerprint density at radius 3 is 2.76 bits per heavy atom. The summed E-state index contributed by atoms with van der Waals surface area (Å²) in [5.74, 6) is 0.908. The van der Waals surface area contributed by atoms with Crippen LogP contribution in [0.5, 0.6) is 0 Å². The minimum atomic E-state index is -0.327. The van der Waals surface area contributed by atoms with E-state index in [2.05, 4.69) is 11.6 Å². The number of ether oxygens (including phenoxy) is 1. The maximum atomic E-state index is 11.9. The second kappa shape index (κ2) is 10.4. The third-order valence-electron chi connectivity index (χ3n) is 3.13. The highest BCUT2D eigenvalue weighted by Crippen LogP contribution is 2.20. The predicted octanol–water partition coefficient (Wildman–Crippen LogP) is 3.78. The quantitative estimate of drug-likeness (QED) is 0.391. The number of nitrogen functional groups attached to an aromatic ring is 1. The Morgan fingerprint density at radius 1 is 1.29 bits per heavy atom. The zero-order chi connectivity index (χ0) is 15.5. The number of rotatable bonds is 10. The average molecular weight is 310 g/mol. The molecule has 1 aromatic rings. The smallest absolute Gasteiger partial charge is 0.340 e. The zero-order valence-corrected chi connectivity index (χ0v) is 13.8. The van der Waals surface area contributed by atoms with E-state index < -0.39 is 0 Å². The molecule has 0 saturated heterocycles. The van der Waals surface area contributed by atoms with Crippen LogP contribution >= 0.6 is 11.8 Å². The molecule has 0 fully saturated rings. The SMILES string of the molecule is CCOC(=O)c1cc(N)ccc1NCCCCCCSC. The van der Waals surface area contributed by atoms with Crippen molar-refractivity contribution in [2.24, 2.45) is 0 Å². The topological polar surface area (TPSA) is 64.3 Å². The van der Waals surface area contributed by atoms with Gasteiger partial charge in [-0.15, -0.1) is 0 Å². The van der Waals surface area contributed by atoms with Crippen LogP contribution in [0.1, 0.15) is 43.0 Å². The van der Waals surface area contributed by atoms with Crippen molar-refractivity contribution < 1.29 is 9.53 Å². The number of unbranched alkanes of at least 4 members (excludes halogenated alkanes) is 3. The number of hydrogen-bond acceptors (Lipinski definition) is 5. The molecule has 0 aromatic heterocycles. The summed E-state index contributed by atoms with van der Waals surface area (Å²) in [6.45, 7) is 3.02. The lowest BCUT2D eigenvalue weighted by Gasteiger charge is -2.12. The maximum absolute atomic E-state index is 11.9. The van der Waals surface area contributed by atoms with Gasteiger partial charge >= 0.3 is 5.97 Å². The number of benzene rings is 1. The van der Waals surface area contributed by atoms with Crippen LogP contribution in [0.15, 0.2) is 18.2 Å². The number of carbonyl (C=O) groups excluding carboxylic acids is 1. The van der Waals surface area contributed by atoms with E-state index in [1.165, 1.54) is 25.0 Å². The molecule has 0 unspecified atom stereocenters. The Bertz CT molecular complexity index is 438. The second-order valence-electron chi connectivity index (χ2n) is 4.86. The third-order valence-corrected chi connectivity index (χ3v) is 3.83. The highest BCUT2D eigenvalue weighted by molar-refractivity contribution is 7.98. The van der Waals surface area contributed by atoms with Crippen molar-refractivity contribution in [3.05, 3.63) is 23.8 Å². The summed E-state index contributed by atoms with van der Waals surface area (Å²) in [5.41, 5.74) is 7.63. The summed E-state index contributed by atoms with van der Waals surface area (Å²) in [7, 11) is 0. The van der Waals surface area contributed by atoms with Gasteiger partial charge in [-0.3, -0.25) is 0 Å². The number of nitrogens with two attached hydrogens (primary N) is 1. The van der Waals surface area contributed by atoms with Crippen LogP contribution in [0.4, 0.5) is 11.4 Å². The molecule has 118 valence electrons. The molecule has 0 aliphatic rings. The van der Waals surface area contributed by atoms with E-state index in [-0.39, 0.29) is 5.97 Å². The molecule has 21 heavy (non-hydrogen) atoms. The van der Waals surface area contributed by atoms with Crippen LogP contribution in [-0.2, 0) is 4.74 Å². The maximum Gasteiger partial charge on any atom is 0.340 e. The van der Waals surface area contributed by atoms with E-state index in [0.717, 1.165) is 18.7 Å². The first kappa shape index (κ1) is 17.7. The van der Waals surface area contributed by atoms with Gasteiger partial charge in [-0.2, -0.15) is 11.8 Å². The molecule has 0 aliphatic carbocycles. The van der Waals surface area contributed by atoms with E-state index in [0.29, 0.717) is 17.9 Å². The van der Waals surface area contributed by atoms with Crippen LogP contribution in [-0.4, -0.2) is 31.1 Å². The third kappa shape index (κ3) is 6.76. The Labute approximate surface area is 131 Å². The first-order chi connectivity index (χ1) is 10.2. The number of thioether (sulfide) groups is 1. The van der Waals surface area contributed by atoms with Crippen LogP contribution in [0.2, 0.25) is 0 Å². The fraction of sp³-hybridized carbons (Fsp3) is 0.562. The molecule has 0 heterocycles. The van der Waals surface area contributed by atoms with Crippen LogP contribution in [0, 0.1) is 0 Å². The summed E-state index contributed by atoms with van der Waals surface area (Å²) >= 11 is 1.89. The number of hydrogen-bond donors (Lipinski definition) is 2. The number of nitrogens with one attached hydrogen (secondary N) is 1. The normalized spacial score (nSPS) is 10.4. The summed E-state index contributed by atoms with van der Waals surface area (Å²) in [6, 6.07) is 5.30. The zero-order valence-electron chi connectivity index (χ0n) is 13.0. The van der Waals surface area contributed by atoms with Gasteiger partial charge in [0.15, 0.2) is 0 Å². The first-order valence-electron chi connectivity index (χ1n) is 7.48. The molecule has 0 spiro atoms. The Hall–Kier alpha value is -1.36. The molecule has 0 radical (unpaired) electrons. The fourth-order valence-corrected chi connectivity index (χ4v) is 2.53. The van der Waals surface area contributed by atoms with Crippen molar-refractivity contribution in [3.8, 4) is 0 Å². The minimum absolute atomic E-state index is 0.327. The van der Waals surface area contributed by atoms with Gasteiger partial charge < -0.3 is 15.8 Å². The summed E-state index contributed by atoms with van der Waals surface area (Å²) in [5, 5.41) is 3.31. The van der Waals surface area contributed by atoms with E-state index >= 15 is 0 Å². The van der Waals surface area contributed by atoms with Crippen molar-refractivity contribution in [2.75, 3.05) is 36.2 Å². The van der Waals surface area contributed by atoms with Crippen LogP contribution < -0.4 is 11.1 Å². The summed E-state index contributed by atoms with van der Waals surface area (Å²) < 4.78 is 5.06. The standard InChI is InChI=1S/C16H26N2O2S/c1-3-20-16(19)14-12-13(17)8-9-15(14)18-10-6-4-5-7-11-21-2/h8-9,12,18H,3-7,10-11,17H2,1-2H3. The van der Waals surface area contributed by atoms with E-state index in [9.17, 15) is 4.79 Å². The van der Waals surface area contributed by atoms with Crippen LogP contribution in [0.3, 0.4) is 0 Å². The lowest BCUT2D eigenvalue weighted by molar-refractivity contribution is 0.0527. The van der Waals surface area contributed by atoms with Gasteiger partial charge in [0.2, 0.25) is 0 Å². The molecule has 0 amide bonds. The van der Waals surface area contributed by atoms with Gasteiger partial charge in [0.25, 0.3) is 0 Å². The minimum Gasteiger partial charge on any atom is -0.462 e. The van der Waals surface area contributed by atoms with Gasteiger partial charge in [0.1, 0.15) is 0 Å². The molecule has 5 heteroatoms. The Kier molecular flexibility index (Phi) is 8.74. The van der Waals surface area contributed by atoms with Crippen molar-refractivity contribution in [1.29, 1.82) is 0 Å². The molecule has 3 N–H and O–H groups in total. The molecule has 0 bridgehead atoms. The first-order valence-corrected chi connectivity index (χ1v) is 8.88. The largest absolute Gasteiger partial charge is 0.462 e. The molecule has 0 saturated carbocycles. The van der Waals surface area contributed by atoms with Gasteiger partial charge in [0, 0.05) is 17.9 Å². The Morgan fingerprint density at radius 2 is 2.05 bits per heavy atom. The van der Waals surface area contributed by atoms with Crippen LogP contribution in [0.25, 0.3) is 0 Å². The Balaban J connectivity index is 2.45. The van der Waals surface area contributed by atoms with Crippen molar-refractivity contribution in [2.45, 2.75) is 32.6 Å². The fourth-order valence-electron chi connectivity index (χ4n) is 2.04. The second-order valence-corrected chi connectivity index (χ2v) is 5.84. The summed E-state index contributed by atoms with van der Waals surface area (Å²) in [4.78, 5) is 11.9. The van der Waals surface area contributed by atoms with E-state index in [4.69, 9.17) is 10.5 Å².